The molecule has 1 fully saturated rings. The van der Waals surface area contributed by atoms with Gasteiger partial charge in [0.1, 0.15) is 0 Å². The third-order valence-corrected chi connectivity index (χ3v) is 5.23. The number of rotatable bonds is 3. The van der Waals surface area contributed by atoms with Crippen LogP contribution in [0, 0.1) is 0 Å². The van der Waals surface area contributed by atoms with Crippen LogP contribution in [0.25, 0.3) is 0 Å². The van der Waals surface area contributed by atoms with E-state index in [1.54, 1.807) is 16.7 Å². The van der Waals surface area contributed by atoms with Crippen molar-refractivity contribution < 1.29 is 19.4 Å². The zero-order chi connectivity index (χ0) is 15.5. The van der Waals surface area contributed by atoms with Crippen molar-refractivity contribution in [2.75, 3.05) is 24.7 Å². The van der Waals surface area contributed by atoms with E-state index in [0.29, 0.717) is 18.9 Å². The smallest absolute Gasteiger partial charge is 0.305 e. The van der Waals surface area contributed by atoms with Crippen LogP contribution in [-0.4, -0.2) is 52.6 Å². The Kier molecular flexibility index (Phi) is 4.69. The number of hydrogen-bond donors (Lipinski definition) is 1. The number of hydrogen-bond acceptors (Lipinski definition) is 4. The van der Waals surface area contributed by atoms with E-state index in [4.69, 9.17) is 9.84 Å². The largest absolute Gasteiger partial charge is 0.481 e. The van der Waals surface area contributed by atoms with Crippen LogP contribution in [0.4, 0.5) is 0 Å². The van der Waals surface area contributed by atoms with Crippen molar-refractivity contribution in [3.63, 3.8) is 0 Å². The number of aliphatic carboxylic acids is 1. The van der Waals surface area contributed by atoms with Crippen LogP contribution in [0.1, 0.15) is 23.7 Å². The monoisotopic (exact) mass is 321 g/mol. The Morgan fingerprint density at radius 3 is 3.00 bits per heavy atom. The number of benzene rings is 1. The number of fused-ring (bicyclic) bond motifs is 1. The van der Waals surface area contributed by atoms with Crippen molar-refractivity contribution in [1.82, 2.24) is 4.90 Å². The summed E-state index contributed by atoms with van der Waals surface area (Å²) in [5.41, 5.74) is 2.07. The van der Waals surface area contributed by atoms with E-state index in [9.17, 15) is 9.59 Å². The van der Waals surface area contributed by atoms with Gasteiger partial charge in [-0.15, -0.1) is 0 Å². The molecule has 0 aliphatic carbocycles. The number of amides is 1. The molecule has 1 aromatic rings. The van der Waals surface area contributed by atoms with Gasteiger partial charge >= 0.3 is 5.97 Å². The van der Waals surface area contributed by atoms with Crippen molar-refractivity contribution in [1.29, 1.82) is 0 Å². The summed E-state index contributed by atoms with van der Waals surface area (Å²) in [6, 6.07) is 7.59. The van der Waals surface area contributed by atoms with E-state index in [1.165, 1.54) is 0 Å². The predicted octanol–water partition coefficient (Wildman–Crippen LogP) is 1.72. The number of carbonyl (C=O) groups is 2. The quantitative estimate of drug-likeness (QED) is 0.918. The molecular weight excluding hydrogens is 302 g/mol. The Morgan fingerprint density at radius 2 is 2.18 bits per heavy atom. The van der Waals surface area contributed by atoms with E-state index in [0.717, 1.165) is 23.3 Å². The average molecular weight is 321 g/mol. The third kappa shape index (κ3) is 3.13. The predicted molar refractivity (Wildman–Crippen MR) is 83.9 cm³/mol. The van der Waals surface area contributed by atoms with Crippen LogP contribution in [0.15, 0.2) is 24.3 Å². The molecule has 3 rings (SSSR count). The molecule has 6 heteroatoms. The van der Waals surface area contributed by atoms with E-state index in [2.05, 4.69) is 0 Å². The van der Waals surface area contributed by atoms with E-state index in [-0.39, 0.29) is 18.4 Å². The summed E-state index contributed by atoms with van der Waals surface area (Å²) in [5, 5.41) is 9.05. The molecule has 5 nitrogen and oxygen atoms in total. The molecule has 0 spiro atoms. The molecule has 22 heavy (non-hydrogen) atoms. The first-order chi connectivity index (χ1) is 10.7. The molecule has 2 heterocycles. The third-order valence-electron chi connectivity index (χ3n) is 4.14. The Balaban J connectivity index is 1.82. The lowest BCUT2D eigenvalue weighted by Gasteiger charge is -2.38. The molecule has 1 aromatic carbocycles. The maximum Gasteiger partial charge on any atom is 0.305 e. The van der Waals surface area contributed by atoms with Gasteiger partial charge in [0, 0.05) is 18.1 Å². The molecule has 118 valence electrons. The minimum absolute atomic E-state index is 0.00684. The van der Waals surface area contributed by atoms with Gasteiger partial charge in [0.25, 0.3) is 5.91 Å². The summed E-state index contributed by atoms with van der Waals surface area (Å²) in [4.78, 5) is 25.6. The standard InChI is InChI=1S/C16H19NO4S/c18-14(19)9-12-10-22-8-6-17(12)16(20)15-13-4-2-1-3-11(13)5-7-21-15/h1-4,12,15H,5-10H2,(H,18,19). The van der Waals surface area contributed by atoms with Crippen molar-refractivity contribution >= 4 is 23.6 Å². The number of carboxylic acid groups (broad SMARTS) is 1. The van der Waals surface area contributed by atoms with Gasteiger partial charge < -0.3 is 14.7 Å². The van der Waals surface area contributed by atoms with Gasteiger partial charge in [0.15, 0.2) is 6.10 Å². The summed E-state index contributed by atoms with van der Waals surface area (Å²) < 4.78 is 5.73. The van der Waals surface area contributed by atoms with Gasteiger partial charge in [0.2, 0.25) is 0 Å². The molecule has 2 aliphatic rings. The highest BCUT2D eigenvalue weighted by atomic mass is 32.2. The minimum atomic E-state index is -0.865. The van der Waals surface area contributed by atoms with Crippen LogP contribution in [0.2, 0.25) is 0 Å². The molecule has 1 saturated heterocycles. The highest BCUT2D eigenvalue weighted by Gasteiger charge is 2.36. The van der Waals surface area contributed by atoms with Crippen LogP contribution in [0.5, 0.6) is 0 Å². The van der Waals surface area contributed by atoms with Crippen LogP contribution in [0.3, 0.4) is 0 Å². The molecule has 0 saturated carbocycles. The number of ether oxygens (including phenoxy) is 1. The molecule has 0 bridgehead atoms. The first-order valence-electron chi connectivity index (χ1n) is 7.46. The summed E-state index contributed by atoms with van der Waals surface area (Å²) in [6.45, 7) is 1.11. The van der Waals surface area contributed by atoms with Gasteiger partial charge in [-0.2, -0.15) is 11.8 Å². The average Bonchev–Trinajstić information content (AvgIpc) is 2.54. The number of thioether (sulfide) groups is 1. The zero-order valence-corrected chi connectivity index (χ0v) is 13.1. The molecule has 2 unspecified atom stereocenters. The molecule has 2 aliphatic heterocycles. The van der Waals surface area contributed by atoms with Crippen molar-refractivity contribution in [3.05, 3.63) is 35.4 Å². The Labute approximate surface area is 133 Å². The zero-order valence-electron chi connectivity index (χ0n) is 12.2. The molecule has 1 amide bonds. The summed E-state index contributed by atoms with van der Waals surface area (Å²) >= 11 is 1.70. The van der Waals surface area contributed by atoms with E-state index < -0.39 is 12.1 Å². The minimum Gasteiger partial charge on any atom is -0.481 e. The maximum atomic E-state index is 12.9. The highest BCUT2D eigenvalue weighted by molar-refractivity contribution is 7.99. The lowest BCUT2D eigenvalue weighted by Crippen LogP contribution is -2.49. The van der Waals surface area contributed by atoms with Gasteiger partial charge in [0.05, 0.1) is 19.1 Å². The lowest BCUT2D eigenvalue weighted by molar-refractivity contribution is -0.149. The van der Waals surface area contributed by atoms with Crippen molar-refractivity contribution in [3.8, 4) is 0 Å². The number of carbonyl (C=O) groups excluding carboxylic acids is 1. The van der Waals surface area contributed by atoms with Crippen LogP contribution >= 0.6 is 11.8 Å². The first kappa shape index (κ1) is 15.4. The van der Waals surface area contributed by atoms with E-state index >= 15 is 0 Å². The fraction of sp³-hybridized carbons (Fsp3) is 0.500. The second kappa shape index (κ2) is 6.71. The van der Waals surface area contributed by atoms with Gasteiger partial charge in [-0.25, -0.2) is 0 Å². The van der Waals surface area contributed by atoms with E-state index in [1.807, 2.05) is 24.3 Å². The summed E-state index contributed by atoms with van der Waals surface area (Å²) in [7, 11) is 0. The van der Waals surface area contributed by atoms with Crippen LogP contribution < -0.4 is 0 Å². The molecule has 0 radical (unpaired) electrons. The van der Waals surface area contributed by atoms with Crippen LogP contribution in [-0.2, 0) is 20.7 Å². The normalized spacial score (nSPS) is 24.6. The fourth-order valence-corrected chi connectivity index (χ4v) is 4.13. The second-order valence-electron chi connectivity index (χ2n) is 5.56. The van der Waals surface area contributed by atoms with Gasteiger partial charge in [-0.1, -0.05) is 24.3 Å². The lowest BCUT2D eigenvalue weighted by atomic mass is 9.96. The SMILES string of the molecule is O=C(O)CC1CSCCN1C(=O)C1OCCc2ccccc21. The molecule has 1 N–H and O–H groups in total. The van der Waals surface area contributed by atoms with Crippen molar-refractivity contribution in [2.45, 2.75) is 25.0 Å². The summed E-state index contributed by atoms with van der Waals surface area (Å²) in [5.74, 6) is 0.553. The topological polar surface area (TPSA) is 66.8 Å². The highest BCUT2D eigenvalue weighted by Crippen LogP contribution is 2.31. The molecule has 0 aromatic heterocycles. The number of carboxylic acids is 1. The maximum absolute atomic E-state index is 12.9. The second-order valence-corrected chi connectivity index (χ2v) is 6.71. The molecule has 2 atom stereocenters. The Morgan fingerprint density at radius 1 is 1.36 bits per heavy atom. The Bertz CT molecular complexity index is 577. The first-order valence-corrected chi connectivity index (χ1v) is 8.61. The van der Waals surface area contributed by atoms with Gasteiger partial charge in [-0.3, -0.25) is 9.59 Å². The fourth-order valence-electron chi connectivity index (χ4n) is 3.06. The Hall–Kier alpha value is -1.53. The molecular formula is C16H19NO4S. The summed E-state index contributed by atoms with van der Waals surface area (Å²) in [6.07, 6.45) is 0.214. The number of nitrogens with zero attached hydrogens (tertiary/aromatic N) is 1. The van der Waals surface area contributed by atoms with Gasteiger partial charge in [-0.05, 0) is 17.5 Å². The van der Waals surface area contributed by atoms with Crippen molar-refractivity contribution in [2.24, 2.45) is 0 Å².